The van der Waals surface area contributed by atoms with E-state index < -0.39 is 0 Å². The van der Waals surface area contributed by atoms with Crippen molar-refractivity contribution in [3.8, 4) is 33.6 Å². The largest absolute Gasteiger partial charge is 0.254 e. The number of rotatable bonds is 4. The Labute approximate surface area is 159 Å². The van der Waals surface area contributed by atoms with E-state index >= 15 is 0 Å². The van der Waals surface area contributed by atoms with Crippen molar-refractivity contribution in [2.75, 3.05) is 0 Å². The fraction of sp³-hybridized carbons (Fsp3) is 0.0400. The smallest absolute Gasteiger partial charge is 0.0967 e. The van der Waals surface area contributed by atoms with Crippen molar-refractivity contribution >= 4 is 6.08 Å². The van der Waals surface area contributed by atoms with Gasteiger partial charge in [0.15, 0.2) is 0 Å². The van der Waals surface area contributed by atoms with Crippen LogP contribution in [-0.2, 0) is 0 Å². The third-order valence-electron chi connectivity index (χ3n) is 4.79. The van der Waals surface area contributed by atoms with Crippen LogP contribution in [0.5, 0.6) is 0 Å². The lowest BCUT2D eigenvalue weighted by Crippen LogP contribution is -1.98. The molecule has 4 rings (SSSR count). The Morgan fingerprint density at radius 3 is 1.78 bits per heavy atom. The van der Waals surface area contributed by atoms with Crippen LogP contribution in [0.4, 0.5) is 0 Å². The van der Waals surface area contributed by atoms with Gasteiger partial charge < -0.3 is 0 Å². The topological polar surface area (TPSA) is 25.8 Å². The molecule has 2 nitrogen and oxygen atoms in total. The van der Waals surface area contributed by atoms with Gasteiger partial charge >= 0.3 is 0 Å². The summed E-state index contributed by atoms with van der Waals surface area (Å²) in [5, 5.41) is 0. The first-order valence-corrected chi connectivity index (χ1v) is 8.98. The first-order valence-electron chi connectivity index (χ1n) is 8.98. The molecule has 0 spiro atoms. The molecule has 2 heteroatoms. The lowest BCUT2D eigenvalue weighted by Gasteiger charge is -2.14. The number of hydrogen-bond acceptors (Lipinski definition) is 2. The van der Waals surface area contributed by atoms with Gasteiger partial charge in [0.1, 0.15) is 0 Å². The minimum Gasteiger partial charge on any atom is -0.254 e. The van der Waals surface area contributed by atoms with Crippen LogP contribution in [0.3, 0.4) is 0 Å². The molecule has 0 radical (unpaired) electrons. The Morgan fingerprint density at radius 2 is 1.19 bits per heavy atom. The highest BCUT2D eigenvalue weighted by Crippen LogP contribution is 2.34. The van der Waals surface area contributed by atoms with Gasteiger partial charge in [-0.2, -0.15) is 0 Å². The molecule has 130 valence electrons. The quantitative estimate of drug-likeness (QED) is 0.425. The van der Waals surface area contributed by atoms with E-state index in [-0.39, 0.29) is 0 Å². The van der Waals surface area contributed by atoms with Crippen LogP contribution >= 0.6 is 0 Å². The molecule has 4 aromatic rings. The van der Waals surface area contributed by atoms with E-state index in [1.807, 2.05) is 48.8 Å². The van der Waals surface area contributed by atoms with Gasteiger partial charge in [0.25, 0.3) is 0 Å². The maximum Gasteiger partial charge on any atom is 0.0967 e. The van der Waals surface area contributed by atoms with Crippen molar-refractivity contribution in [3.05, 3.63) is 103 Å². The van der Waals surface area contributed by atoms with E-state index in [1.54, 1.807) is 0 Å². The van der Waals surface area contributed by atoms with Crippen molar-refractivity contribution in [3.63, 3.8) is 0 Å². The van der Waals surface area contributed by atoms with Gasteiger partial charge in [-0.25, -0.2) is 0 Å². The second-order valence-electron chi connectivity index (χ2n) is 6.39. The summed E-state index contributed by atoms with van der Waals surface area (Å²) < 4.78 is 0. The molecule has 0 bridgehead atoms. The monoisotopic (exact) mass is 348 g/mol. The summed E-state index contributed by atoms with van der Waals surface area (Å²) in [4.78, 5) is 9.34. The molecule has 2 aromatic heterocycles. The zero-order valence-corrected chi connectivity index (χ0v) is 15.3. The second-order valence-corrected chi connectivity index (χ2v) is 6.39. The Bertz CT molecular complexity index is 1080. The lowest BCUT2D eigenvalue weighted by molar-refractivity contribution is 1.21. The Hall–Kier alpha value is -3.52. The van der Waals surface area contributed by atoms with Gasteiger partial charge in [0, 0.05) is 18.0 Å². The van der Waals surface area contributed by atoms with Crippen LogP contribution in [0, 0.1) is 6.92 Å². The van der Waals surface area contributed by atoms with E-state index in [0.717, 1.165) is 33.6 Å². The average molecular weight is 348 g/mol. The van der Waals surface area contributed by atoms with Crippen LogP contribution in [0.2, 0.25) is 0 Å². The molecule has 0 aliphatic heterocycles. The minimum atomic E-state index is 0.863. The zero-order chi connectivity index (χ0) is 18.6. The SMILES string of the molecule is C=Cc1c(-c2ccccc2)ccnc1-c1nccc(-c2ccccc2)c1C. The molecule has 0 atom stereocenters. The maximum absolute atomic E-state index is 4.67. The van der Waals surface area contributed by atoms with Crippen molar-refractivity contribution in [2.45, 2.75) is 6.92 Å². The Kier molecular flexibility index (Phi) is 4.63. The zero-order valence-electron chi connectivity index (χ0n) is 15.3. The number of benzene rings is 2. The van der Waals surface area contributed by atoms with E-state index in [1.165, 1.54) is 11.1 Å². The molecule has 0 saturated carbocycles. The van der Waals surface area contributed by atoms with Gasteiger partial charge in [0.05, 0.1) is 11.4 Å². The van der Waals surface area contributed by atoms with Crippen LogP contribution in [0.1, 0.15) is 11.1 Å². The first kappa shape index (κ1) is 16.9. The predicted octanol–water partition coefficient (Wildman–Crippen LogP) is 6.43. The number of pyridine rings is 2. The summed E-state index contributed by atoms with van der Waals surface area (Å²) in [6.45, 7) is 6.15. The maximum atomic E-state index is 4.67. The summed E-state index contributed by atoms with van der Waals surface area (Å²) in [6, 6.07) is 24.8. The highest BCUT2D eigenvalue weighted by atomic mass is 14.8. The van der Waals surface area contributed by atoms with Gasteiger partial charge in [-0.1, -0.05) is 73.3 Å². The summed E-state index contributed by atoms with van der Waals surface area (Å²) in [7, 11) is 0. The summed E-state index contributed by atoms with van der Waals surface area (Å²) >= 11 is 0. The van der Waals surface area contributed by atoms with Gasteiger partial charge in [-0.05, 0) is 46.9 Å². The predicted molar refractivity (Wildman–Crippen MR) is 113 cm³/mol. The fourth-order valence-corrected chi connectivity index (χ4v) is 3.44. The normalized spacial score (nSPS) is 10.6. The second kappa shape index (κ2) is 7.38. The molecule has 0 N–H and O–H groups in total. The molecule has 0 amide bonds. The van der Waals surface area contributed by atoms with Crippen LogP contribution in [0.15, 0.2) is 91.8 Å². The summed E-state index contributed by atoms with van der Waals surface area (Å²) in [5.41, 5.74) is 8.48. The third-order valence-corrected chi connectivity index (χ3v) is 4.79. The standard InChI is InChI=1S/C25H20N2/c1-3-21-23(20-12-8-5-9-13-20)15-17-27-25(21)24-18(2)22(14-16-26-24)19-10-6-4-7-11-19/h3-17H,1H2,2H3. The molecular formula is C25H20N2. The van der Waals surface area contributed by atoms with E-state index in [9.17, 15) is 0 Å². The number of aromatic nitrogens is 2. The molecule has 0 saturated heterocycles. The molecule has 0 fully saturated rings. The number of hydrogen-bond donors (Lipinski definition) is 0. The van der Waals surface area contributed by atoms with E-state index in [0.29, 0.717) is 0 Å². The molecule has 0 unspecified atom stereocenters. The summed E-state index contributed by atoms with van der Waals surface area (Å²) in [6.07, 6.45) is 5.58. The fourth-order valence-electron chi connectivity index (χ4n) is 3.44. The highest BCUT2D eigenvalue weighted by Gasteiger charge is 2.15. The van der Waals surface area contributed by atoms with Gasteiger partial charge in [-0.15, -0.1) is 0 Å². The van der Waals surface area contributed by atoms with Gasteiger partial charge in [-0.3, -0.25) is 9.97 Å². The first-order chi connectivity index (χ1) is 13.3. The van der Waals surface area contributed by atoms with Crippen LogP contribution in [0.25, 0.3) is 39.7 Å². The third kappa shape index (κ3) is 3.18. The Morgan fingerprint density at radius 1 is 0.667 bits per heavy atom. The van der Waals surface area contributed by atoms with Crippen molar-refractivity contribution in [2.24, 2.45) is 0 Å². The van der Waals surface area contributed by atoms with E-state index in [4.69, 9.17) is 0 Å². The highest BCUT2D eigenvalue weighted by molar-refractivity contribution is 5.85. The molecular weight excluding hydrogens is 328 g/mol. The lowest BCUT2D eigenvalue weighted by atomic mass is 9.94. The molecule has 0 aliphatic rings. The summed E-state index contributed by atoms with van der Waals surface area (Å²) in [5.74, 6) is 0. The van der Waals surface area contributed by atoms with Crippen molar-refractivity contribution < 1.29 is 0 Å². The Balaban J connectivity index is 1.92. The average Bonchev–Trinajstić information content (AvgIpc) is 2.74. The van der Waals surface area contributed by atoms with Crippen molar-refractivity contribution in [1.29, 1.82) is 0 Å². The van der Waals surface area contributed by atoms with Crippen LogP contribution < -0.4 is 0 Å². The van der Waals surface area contributed by atoms with Gasteiger partial charge in [0.2, 0.25) is 0 Å². The molecule has 2 heterocycles. The molecule has 0 aliphatic carbocycles. The van der Waals surface area contributed by atoms with Crippen molar-refractivity contribution in [1.82, 2.24) is 9.97 Å². The minimum absolute atomic E-state index is 0.863. The number of nitrogens with zero attached hydrogens (tertiary/aromatic N) is 2. The molecule has 27 heavy (non-hydrogen) atoms. The van der Waals surface area contributed by atoms with Crippen LogP contribution in [-0.4, -0.2) is 9.97 Å². The molecule has 2 aromatic carbocycles. The van der Waals surface area contributed by atoms with E-state index in [2.05, 4.69) is 65.9 Å².